The van der Waals surface area contributed by atoms with Crippen LogP contribution in [0.1, 0.15) is 6.92 Å². The Labute approximate surface area is 58.3 Å². The molecule has 0 aromatic rings. The fourth-order valence-corrected chi connectivity index (χ4v) is 0.491. The van der Waals surface area contributed by atoms with Gasteiger partial charge in [-0.15, -0.1) is 0 Å². The van der Waals surface area contributed by atoms with Gasteiger partial charge in [0.2, 0.25) is 11.9 Å². The van der Waals surface area contributed by atoms with Crippen LogP contribution in [0.5, 0.6) is 0 Å². The van der Waals surface area contributed by atoms with E-state index in [1.807, 2.05) is 0 Å². The van der Waals surface area contributed by atoms with Crippen LogP contribution < -0.4 is 11.5 Å². The van der Waals surface area contributed by atoms with E-state index in [0.29, 0.717) is 0 Å². The summed E-state index contributed by atoms with van der Waals surface area (Å²) >= 11 is 0. The fourth-order valence-electron chi connectivity index (χ4n) is 0.491. The lowest BCUT2D eigenvalue weighted by molar-refractivity contribution is 0.832. The van der Waals surface area contributed by atoms with Gasteiger partial charge in [0, 0.05) is 0 Å². The molecule has 0 spiro atoms. The number of amidine groups is 1. The largest absolute Gasteiger partial charge is 0.369 e. The number of hydrogen-bond donors (Lipinski definition) is 5. The first kappa shape index (κ1) is 8.41. The highest BCUT2D eigenvalue weighted by Gasteiger charge is 2.10. The summed E-state index contributed by atoms with van der Waals surface area (Å²) < 4.78 is 0. The number of nitrogens with two attached hydrogens (primary N) is 2. The molecule has 0 aliphatic heterocycles. The van der Waals surface area contributed by atoms with Gasteiger partial charge in [-0.1, -0.05) is 0 Å². The van der Waals surface area contributed by atoms with Crippen molar-refractivity contribution in [3.63, 3.8) is 0 Å². The lowest BCUT2D eigenvalue weighted by atomic mass is 10.5. The van der Waals surface area contributed by atoms with Crippen LogP contribution in [0.3, 0.4) is 0 Å². The van der Waals surface area contributed by atoms with Gasteiger partial charge in [-0.25, -0.2) is 4.90 Å². The summed E-state index contributed by atoms with van der Waals surface area (Å²) in [7, 11) is 0. The van der Waals surface area contributed by atoms with Crippen LogP contribution in [0.25, 0.3) is 0 Å². The number of hydrogen-bond acceptors (Lipinski definition) is 3. The Hall–Kier alpha value is -1.59. The highest BCUT2D eigenvalue weighted by atomic mass is 15.3. The van der Waals surface area contributed by atoms with Gasteiger partial charge in [0.15, 0.2) is 0 Å². The van der Waals surface area contributed by atoms with Gasteiger partial charge in [0.25, 0.3) is 0 Å². The topological polar surface area (TPSA) is 127 Å². The quantitative estimate of drug-likeness (QED) is 0.221. The predicted octanol–water partition coefficient (Wildman–Crippen LogP) is -0.927. The Morgan fingerprint density at radius 1 is 1.10 bits per heavy atom. The molecule has 0 bridgehead atoms. The minimum Gasteiger partial charge on any atom is -0.369 e. The molecule has 0 saturated carbocycles. The Balaban J connectivity index is 4.43. The van der Waals surface area contributed by atoms with Gasteiger partial charge in [-0.05, 0) is 6.92 Å². The average molecular weight is 142 g/mol. The maximum absolute atomic E-state index is 7.00. The molecular formula is C4H10N6. The highest BCUT2D eigenvalue weighted by Crippen LogP contribution is 1.84. The van der Waals surface area contributed by atoms with Crippen LogP contribution in [-0.2, 0) is 0 Å². The lowest BCUT2D eigenvalue weighted by Gasteiger charge is -2.17. The van der Waals surface area contributed by atoms with Crippen LogP contribution in [0.15, 0.2) is 0 Å². The number of rotatable bonds is 0. The van der Waals surface area contributed by atoms with Crippen molar-refractivity contribution in [2.75, 3.05) is 0 Å². The maximum atomic E-state index is 7.00. The third-order valence-corrected chi connectivity index (χ3v) is 0.817. The predicted molar refractivity (Wildman–Crippen MR) is 39.1 cm³/mol. The van der Waals surface area contributed by atoms with E-state index in [9.17, 15) is 0 Å². The van der Waals surface area contributed by atoms with Crippen molar-refractivity contribution in [1.29, 1.82) is 16.2 Å². The van der Waals surface area contributed by atoms with E-state index >= 15 is 0 Å². The first-order valence-corrected chi connectivity index (χ1v) is 2.50. The molecule has 0 unspecified atom stereocenters. The van der Waals surface area contributed by atoms with Gasteiger partial charge in [-0.2, -0.15) is 0 Å². The third kappa shape index (κ3) is 1.73. The Morgan fingerprint density at radius 2 is 1.40 bits per heavy atom. The van der Waals surface area contributed by atoms with Crippen molar-refractivity contribution in [3.05, 3.63) is 0 Å². The van der Waals surface area contributed by atoms with E-state index in [4.69, 9.17) is 27.7 Å². The molecule has 6 heteroatoms. The smallest absolute Gasteiger partial charge is 0.200 e. The van der Waals surface area contributed by atoms with Crippen molar-refractivity contribution < 1.29 is 0 Å². The third-order valence-electron chi connectivity index (χ3n) is 0.817. The summed E-state index contributed by atoms with van der Waals surface area (Å²) in [6, 6.07) is 0. The van der Waals surface area contributed by atoms with Crippen LogP contribution in [0.4, 0.5) is 0 Å². The van der Waals surface area contributed by atoms with E-state index in [0.717, 1.165) is 4.90 Å². The summed E-state index contributed by atoms with van der Waals surface area (Å²) in [4.78, 5) is 0.806. The molecule has 6 nitrogen and oxygen atoms in total. The van der Waals surface area contributed by atoms with Gasteiger partial charge >= 0.3 is 0 Å². The van der Waals surface area contributed by atoms with Gasteiger partial charge < -0.3 is 11.5 Å². The standard InChI is InChI=1S/C4H10N6/c1-2(5)10(3(6)7)4(8)9/h5H,1H3,(H3,6,7)(H3,8,9). The van der Waals surface area contributed by atoms with Crippen molar-refractivity contribution in [3.8, 4) is 0 Å². The van der Waals surface area contributed by atoms with E-state index in [1.165, 1.54) is 6.92 Å². The average Bonchev–Trinajstić information content (AvgIpc) is 1.59. The zero-order valence-corrected chi connectivity index (χ0v) is 5.60. The van der Waals surface area contributed by atoms with E-state index in [2.05, 4.69) is 0 Å². The summed E-state index contributed by atoms with van der Waals surface area (Å²) in [5.41, 5.74) is 9.97. The Kier molecular flexibility index (Phi) is 2.36. The molecule has 0 saturated heterocycles. The van der Waals surface area contributed by atoms with Crippen LogP contribution >= 0.6 is 0 Å². The zero-order chi connectivity index (χ0) is 8.31. The van der Waals surface area contributed by atoms with E-state index in [1.54, 1.807) is 0 Å². The van der Waals surface area contributed by atoms with Crippen LogP contribution in [0.2, 0.25) is 0 Å². The first-order valence-electron chi connectivity index (χ1n) is 2.50. The molecule has 56 valence electrons. The van der Waals surface area contributed by atoms with Gasteiger partial charge in [0.1, 0.15) is 5.84 Å². The zero-order valence-electron chi connectivity index (χ0n) is 5.60. The molecular weight excluding hydrogens is 132 g/mol. The Morgan fingerprint density at radius 3 is 1.40 bits per heavy atom. The number of nitrogens with one attached hydrogen (secondary N) is 3. The Bertz CT molecular complexity index is 149. The molecule has 0 aliphatic carbocycles. The van der Waals surface area contributed by atoms with Gasteiger partial charge in [-0.3, -0.25) is 16.2 Å². The molecule has 0 aromatic carbocycles. The molecule has 0 atom stereocenters. The molecule has 10 heavy (non-hydrogen) atoms. The normalized spacial score (nSPS) is 8.50. The molecule has 0 aromatic heterocycles. The second-order valence-electron chi connectivity index (χ2n) is 1.69. The monoisotopic (exact) mass is 142 g/mol. The second-order valence-corrected chi connectivity index (χ2v) is 1.69. The number of nitrogens with zero attached hydrogens (tertiary/aromatic N) is 1. The minimum atomic E-state index is -0.417. The van der Waals surface area contributed by atoms with E-state index < -0.39 is 11.9 Å². The summed E-state index contributed by atoms with van der Waals surface area (Å²) in [6.07, 6.45) is 0. The van der Waals surface area contributed by atoms with Crippen molar-refractivity contribution in [2.24, 2.45) is 11.5 Å². The molecule has 0 fully saturated rings. The molecule has 0 amide bonds. The fraction of sp³-hybridized carbons (Fsp3) is 0.250. The van der Waals surface area contributed by atoms with Crippen molar-refractivity contribution in [2.45, 2.75) is 6.92 Å². The van der Waals surface area contributed by atoms with Crippen molar-refractivity contribution >= 4 is 17.8 Å². The summed E-state index contributed by atoms with van der Waals surface area (Å²) in [6.45, 7) is 1.39. The molecule has 0 aliphatic rings. The van der Waals surface area contributed by atoms with Gasteiger partial charge in [0.05, 0.1) is 0 Å². The van der Waals surface area contributed by atoms with E-state index in [-0.39, 0.29) is 5.84 Å². The summed E-state index contributed by atoms with van der Waals surface area (Å²) in [5.74, 6) is -0.875. The van der Waals surface area contributed by atoms with Crippen LogP contribution in [-0.4, -0.2) is 22.7 Å². The summed E-state index contributed by atoms with van der Waals surface area (Å²) in [5, 5.41) is 20.7. The van der Waals surface area contributed by atoms with Crippen molar-refractivity contribution in [1.82, 2.24) is 4.90 Å². The number of guanidine groups is 2. The minimum absolute atomic E-state index is 0.0417. The first-order chi connectivity index (χ1) is 4.46. The maximum Gasteiger partial charge on any atom is 0.200 e. The molecule has 0 rings (SSSR count). The molecule has 0 radical (unpaired) electrons. The molecule has 0 heterocycles. The second kappa shape index (κ2) is 2.81. The highest BCUT2D eigenvalue weighted by molar-refractivity contribution is 6.10. The molecule has 7 N–H and O–H groups in total. The SMILES string of the molecule is CC(=N)N(C(=N)N)C(=N)N. The van der Waals surface area contributed by atoms with Crippen LogP contribution in [0, 0.1) is 16.2 Å². The lowest BCUT2D eigenvalue weighted by Crippen LogP contribution is -2.47.